The van der Waals surface area contributed by atoms with Crippen molar-refractivity contribution in [2.75, 3.05) is 19.5 Å². The molecule has 244 valence electrons. The van der Waals surface area contributed by atoms with Crippen molar-refractivity contribution >= 4 is 44.4 Å². The Hall–Kier alpha value is -1.88. The Balaban J connectivity index is 1.93. The van der Waals surface area contributed by atoms with Gasteiger partial charge in [-0.3, -0.25) is 8.75 Å². The van der Waals surface area contributed by atoms with Gasteiger partial charge in [-0.25, -0.2) is 4.98 Å². The summed E-state index contributed by atoms with van der Waals surface area (Å²) in [5, 5.41) is 0. The number of rotatable bonds is 8. The molecule has 2 aliphatic rings. The first-order chi connectivity index (χ1) is 19.8. The summed E-state index contributed by atoms with van der Waals surface area (Å²) >= 11 is 0. The molecule has 19 heteroatoms. The Bertz CT molecular complexity index is 1410. The highest BCUT2D eigenvalue weighted by Gasteiger charge is 2.63. The molecule has 4 atom stereocenters. The fourth-order valence-electron chi connectivity index (χ4n) is 5.89. The molecule has 0 amide bonds. The second-order valence-corrected chi connectivity index (χ2v) is 22.4. The van der Waals surface area contributed by atoms with Crippen LogP contribution in [0.4, 0.5) is 19.1 Å². The van der Waals surface area contributed by atoms with Gasteiger partial charge in [-0.15, -0.1) is 0 Å². The van der Waals surface area contributed by atoms with E-state index in [4.69, 9.17) is 32.4 Å². The molecule has 43 heavy (non-hydrogen) atoms. The van der Waals surface area contributed by atoms with Crippen molar-refractivity contribution in [2.24, 2.45) is 0 Å². The zero-order chi connectivity index (χ0) is 32.3. The maximum absolute atomic E-state index is 13.7. The van der Waals surface area contributed by atoms with Gasteiger partial charge in [-0.1, -0.05) is 55.4 Å². The largest absolute Gasteiger partial charge is 0.523 e. The third-order valence-electron chi connectivity index (χ3n) is 8.01. The van der Waals surface area contributed by atoms with Gasteiger partial charge in [0.2, 0.25) is 11.8 Å². The number of nitrogens with zero attached hydrogens (tertiary/aromatic N) is 4. The van der Waals surface area contributed by atoms with E-state index < -0.39 is 57.3 Å². The molecular formula is C24H40F3N5O8SSi2. The Morgan fingerprint density at radius 3 is 2.12 bits per heavy atom. The number of imidazole rings is 1. The zero-order valence-corrected chi connectivity index (χ0v) is 28.4. The van der Waals surface area contributed by atoms with Gasteiger partial charge < -0.3 is 28.2 Å². The predicted molar refractivity (Wildman–Crippen MR) is 154 cm³/mol. The summed E-state index contributed by atoms with van der Waals surface area (Å²) in [5.41, 5.74) is -0.139. The molecule has 2 aliphatic heterocycles. The first kappa shape index (κ1) is 34.0. The third-order valence-corrected chi connectivity index (χ3v) is 19.3. The van der Waals surface area contributed by atoms with Crippen LogP contribution in [0, 0.1) is 0 Å². The predicted octanol–water partition coefficient (Wildman–Crippen LogP) is 4.51. The molecule has 0 unspecified atom stereocenters. The van der Waals surface area contributed by atoms with E-state index in [9.17, 15) is 21.6 Å². The minimum Gasteiger partial charge on any atom is -0.479 e. The normalized spacial score (nSPS) is 26.3. The van der Waals surface area contributed by atoms with Gasteiger partial charge in [0.1, 0.15) is 12.2 Å². The molecule has 0 aromatic carbocycles. The van der Waals surface area contributed by atoms with Crippen LogP contribution in [0.15, 0.2) is 6.33 Å². The van der Waals surface area contributed by atoms with E-state index in [1.54, 1.807) is 0 Å². The van der Waals surface area contributed by atoms with Crippen molar-refractivity contribution < 1.29 is 48.2 Å². The number of alkyl halides is 3. The van der Waals surface area contributed by atoms with Crippen LogP contribution in [0.2, 0.25) is 22.2 Å². The van der Waals surface area contributed by atoms with E-state index in [0.29, 0.717) is 0 Å². The first-order valence-electron chi connectivity index (χ1n) is 14.0. The number of anilines is 1. The molecule has 4 rings (SSSR count). The number of fused-ring (bicyclic) bond motifs is 2. The van der Waals surface area contributed by atoms with E-state index in [1.807, 2.05) is 55.4 Å². The number of aromatic nitrogens is 4. The maximum Gasteiger partial charge on any atom is 0.523 e. The van der Waals surface area contributed by atoms with Crippen molar-refractivity contribution in [3.8, 4) is 5.88 Å². The van der Waals surface area contributed by atoms with E-state index in [2.05, 4.69) is 15.0 Å². The Kier molecular flexibility index (Phi) is 9.34. The van der Waals surface area contributed by atoms with Crippen molar-refractivity contribution in [3.05, 3.63) is 6.33 Å². The fourth-order valence-corrected chi connectivity index (χ4v) is 17.7. The topological polar surface area (TPSA) is 159 Å². The Morgan fingerprint density at radius 1 is 1.02 bits per heavy atom. The van der Waals surface area contributed by atoms with Gasteiger partial charge in [-0.2, -0.15) is 31.6 Å². The second-order valence-electron chi connectivity index (χ2n) is 12.0. The van der Waals surface area contributed by atoms with Gasteiger partial charge in [0, 0.05) is 0 Å². The van der Waals surface area contributed by atoms with Crippen LogP contribution in [-0.4, -0.2) is 82.6 Å². The van der Waals surface area contributed by atoms with Crippen molar-refractivity contribution in [3.63, 3.8) is 0 Å². The number of ether oxygens (including phenoxy) is 2. The van der Waals surface area contributed by atoms with Crippen LogP contribution >= 0.6 is 0 Å². The summed E-state index contributed by atoms with van der Waals surface area (Å²) in [6, 6.07) is 0. The number of nitrogen functional groups attached to an aromatic ring is 1. The van der Waals surface area contributed by atoms with Gasteiger partial charge >= 0.3 is 32.7 Å². The lowest BCUT2D eigenvalue weighted by Crippen LogP contribution is -2.66. The summed E-state index contributed by atoms with van der Waals surface area (Å²) in [6.45, 7) is 15.6. The van der Waals surface area contributed by atoms with Gasteiger partial charge in [-0.05, 0) is 22.2 Å². The highest BCUT2D eigenvalue weighted by atomic mass is 32.2. The highest BCUT2D eigenvalue weighted by Crippen LogP contribution is 2.49. The lowest BCUT2D eigenvalue weighted by Gasteiger charge is -2.51. The molecule has 0 saturated carbocycles. The van der Waals surface area contributed by atoms with Crippen molar-refractivity contribution in [1.82, 2.24) is 19.5 Å². The average molecular weight is 672 g/mol. The molecule has 2 N–H and O–H groups in total. The average Bonchev–Trinajstić information content (AvgIpc) is 3.42. The van der Waals surface area contributed by atoms with E-state index in [0.717, 1.165) is 0 Å². The Morgan fingerprint density at radius 2 is 1.60 bits per heavy atom. The van der Waals surface area contributed by atoms with Crippen LogP contribution in [-0.2, 0) is 32.0 Å². The molecule has 4 heterocycles. The summed E-state index contributed by atoms with van der Waals surface area (Å²) in [5.74, 6) is -0.200. The molecular weight excluding hydrogens is 632 g/mol. The minimum atomic E-state index is -6.11. The third kappa shape index (κ3) is 5.82. The lowest BCUT2D eigenvalue weighted by atomic mass is 10.1. The van der Waals surface area contributed by atoms with Gasteiger partial charge in [0.25, 0.3) is 0 Å². The molecule has 2 aromatic heterocycles. The lowest BCUT2D eigenvalue weighted by molar-refractivity contribution is -0.0694. The summed E-state index contributed by atoms with van der Waals surface area (Å²) in [4.78, 5) is 12.4. The van der Waals surface area contributed by atoms with Gasteiger partial charge in [0.15, 0.2) is 23.5 Å². The standard InChI is InChI=1S/C24H40F3N5O8SSi2/c1-12(2)42(13(3)4)36-10-16-18(39-43(40-42,14(5)6)15(7)8)19(38-41(33,34)24(25,26)27)22(37-16)32-11-29-17-20(32)30-23(28)31-21(17)35-9/h11-16,18-19,22H,10H2,1-9H3,(H2,28,30,31)/t16-,18-,19-,22-/m0/s1. The first-order valence-corrected chi connectivity index (χ1v) is 19.4. The molecule has 0 bridgehead atoms. The molecule has 13 nitrogen and oxygen atoms in total. The molecule has 0 spiro atoms. The summed E-state index contributed by atoms with van der Waals surface area (Å²) in [7, 11) is -11.2. The van der Waals surface area contributed by atoms with Crippen molar-refractivity contribution in [2.45, 2.75) is 108 Å². The van der Waals surface area contributed by atoms with Crippen LogP contribution < -0.4 is 10.5 Å². The van der Waals surface area contributed by atoms with E-state index >= 15 is 0 Å². The molecule has 2 saturated heterocycles. The molecule has 2 fully saturated rings. The molecule has 0 aliphatic carbocycles. The SMILES string of the molecule is COc1nc(N)nc2c1ncn2[C@H]1O[C@H]2CO[Si](C(C)C)(C(C)C)O[Si](C(C)C)(C(C)C)O[C@@H]2[C@@H]1OS(=O)(=O)C(F)(F)F. The monoisotopic (exact) mass is 671 g/mol. The number of hydrogen-bond acceptors (Lipinski definition) is 12. The number of halogens is 3. The summed E-state index contributed by atoms with van der Waals surface area (Å²) in [6.07, 6.45) is -4.48. The van der Waals surface area contributed by atoms with E-state index in [1.165, 1.54) is 18.0 Å². The number of nitrogens with two attached hydrogens (primary N) is 1. The Labute approximate surface area is 251 Å². The quantitative estimate of drug-likeness (QED) is 0.238. The minimum absolute atomic E-state index is 0.00863. The van der Waals surface area contributed by atoms with Crippen LogP contribution in [0.1, 0.15) is 61.6 Å². The number of hydrogen-bond donors (Lipinski definition) is 1. The number of methoxy groups -OCH3 is 1. The highest BCUT2D eigenvalue weighted by molar-refractivity contribution is 7.87. The van der Waals surface area contributed by atoms with Crippen molar-refractivity contribution in [1.29, 1.82) is 0 Å². The second kappa shape index (κ2) is 11.8. The zero-order valence-electron chi connectivity index (χ0n) is 25.6. The van der Waals surface area contributed by atoms with Gasteiger partial charge in [0.05, 0.1) is 20.0 Å². The fraction of sp³-hybridized carbons (Fsp3) is 0.792. The van der Waals surface area contributed by atoms with Crippen LogP contribution in [0.5, 0.6) is 5.88 Å². The summed E-state index contributed by atoms with van der Waals surface area (Å²) < 4.78 is 104. The van der Waals surface area contributed by atoms with Crippen LogP contribution in [0.3, 0.4) is 0 Å². The molecule has 2 aromatic rings. The smallest absolute Gasteiger partial charge is 0.479 e. The van der Waals surface area contributed by atoms with Crippen LogP contribution in [0.25, 0.3) is 11.2 Å². The maximum atomic E-state index is 13.7. The molecule has 0 radical (unpaired) electrons. The van der Waals surface area contributed by atoms with E-state index in [-0.39, 0.29) is 51.8 Å².